The van der Waals surface area contributed by atoms with Gasteiger partial charge in [-0.1, -0.05) is 0 Å². The normalized spacial score (nSPS) is 11.2. The van der Waals surface area contributed by atoms with Crippen molar-refractivity contribution in [3.63, 3.8) is 0 Å². The van der Waals surface area contributed by atoms with Gasteiger partial charge < -0.3 is 0 Å². The molecule has 0 aromatic rings. The van der Waals surface area contributed by atoms with E-state index in [-0.39, 0.29) is 13.9 Å². The Morgan fingerprint density at radius 3 is 1.06 bits per heavy atom. The van der Waals surface area contributed by atoms with Gasteiger partial charge in [-0.15, -0.1) is 0 Å². The minimum absolute atomic E-state index is 0.191. The zero-order valence-corrected chi connectivity index (χ0v) is 13.6. The predicted octanol–water partition coefficient (Wildman–Crippen LogP) is 6.05. The fourth-order valence-corrected chi connectivity index (χ4v) is 7.11. The summed E-state index contributed by atoms with van der Waals surface area (Å²) in [5, 5.41) is 4.88. The summed E-state index contributed by atoms with van der Waals surface area (Å²) in [5.41, 5.74) is 0. The fourth-order valence-electron chi connectivity index (χ4n) is 1.97. The minimum atomic E-state index is -0.191. The van der Waals surface area contributed by atoms with Crippen LogP contribution in [0.25, 0.3) is 0 Å². The molecule has 0 saturated heterocycles. The van der Waals surface area contributed by atoms with Crippen LogP contribution in [0.1, 0.15) is 78.6 Å². The second-order valence-corrected chi connectivity index (χ2v) is 9.99. The molecule has 0 spiro atoms. The van der Waals surface area contributed by atoms with Crippen molar-refractivity contribution in [2.45, 2.75) is 94.5 Å². The molecule has 0 N–H and O–H groups in total. The third-order valence-electron chi connectivity index (χ3n) is 3.11. The molecule has 0 aromatic carbocycles. The van der Waals surface area contributed by atoms with Gasteiger partial charge in [0.05, 0.1) is 0 Å². The standard InChI is InChI=1S/C15H33Se/c1-4-7-10-13-16(14-11-8-5-2)15-12-9-6-3/h4-15H2,1-3H3/q+1. The Balaban J connectivity index is 3.58. The molecule has 98 valence electrons. The van der Waals surface area contributed by atoms with Crippen LogP contribution in [0, 0.1) is 0 Å². The second kappa shape index (κ2) is 13.6. The Kier molecular flexibility index (Phi) is 14.0. The number of rotatable bonds is 12. The zero-order valence-electron chi connectivity index (χ0n) is 11.9. The SMILES string of the molecule is CCCCC[Se+](CCCCC)CCCCC. The number of hydrogen-bond donors (Lipinski definition) is 0. The molecular formula is C15H33Se+. The molecular weight excluding hydrogens is 259 g/mol. The Morgan fingerprint density at radius 2 is 0.812 bits per heavy atom. The van der Waals surface area contributed by atoms with Gasteiger partial charge in [0.1, 0.15) is 0 Å². The van der Waals surface area contributed by atoms with Crippen LogP contribution in [0.2, 0.25) is 16.0 Å². The fraction of sp³-hybridized carbons (Fsp3) is 1.00. The Labute approximate surface area is 108 Å². The maximum absolute atomic E-state index is 2.32. The van der Waals surface area contributed by atoms with Crippen LogP contribution < -0.4 is 0 Å². The van der Waals surface area contributed by atoms with Crippen molar-refractivity contribution < 1.29 is 0 Å². The molecule has 0 rings (SSSR count). The van der Waals surface area contributed by atoms with Crippen LogP contribution in [-0.2, 0) is 0 Å². The average Bonchev–Trinajstić information content (AvgIpc) is 2.29. The molecule has 0 amide bonds. The van der Waals surface area contributed by atoms with Crippen molar-refractivity contribution in [3.05, 3.63) is 0 Å². The molecule has 0 aliphatic heterocycles. The number of unbranched alkanes of at least 4 members (excludes halogenated alkanes) is 6. The summed E-state index contributed by atoms with van der Waals surface area (Å²) in [5.74, 6) is 0. The van der Waals surface area contributed by atoms with E-state index in [4.69, 9.17) is 0 Å². The van der Waals surface area contributed by atoms with E-state index in [1.54, 1.807) is 16.0 Å². The van der Waals surface area contributed by atoms with Gasteiger partial charge in [0.2, 0.25) is 0 Å². The summed E-state index contributed by atoms with van der Waals surface area (Å²) in [6, 6.07) is 0. The van der Waals surface area contributed by atoms with Crippen LogP contribution in [0.4, 0.5) is 0 Å². The van der Waals surface area contributed by atoms with Gasteiger partial charge in [-0.25, -0.2) is 0 Å². The van der Waals surface area contributed by atoms with Gasteiger partial charge in [0.15, 0.2) is 0 Å². The molecule has 0 bridgehead atoms. The van der Waals surface area contributed by atoms with E-state index in [1.807, 2.05) is 0 Å². The van der Waals surface area contributed by atoms with Gasteiger partial charge in [-0.05, 0) is 0 Å². The summed E-state index contributed by atoms with van der Waals surface area (Å²) in [7, 11) is 0. The predicted molar refractivity (Wildman–Crippen MR) is 78.8 cm³/mol. The third kappa shape index (κ3) is 11.0. The molecule has 0 nitrogen and oxygen atoms in total. The van der Waals surface area contributed by atoms with E-state index in [0.29, 0.717) is 0 Å². The van der Waals surface area contributed by atoms with Crippen LogP contribution >= 0.6 is 0 Å². The molecule has 0 aliphatic carbocycles. The first kappa shape index (κ1) is 16.5. The average molecular weight is 292 g/mol. The van der Waals surface area contributed by atoms with Gasteiger partial charge in [-0.2, -0.15) is 0 Å². The first-order valence-electron chi connectivity index (χ1n) is 7.49. The maximum atomic E-state index is 2.32. The molecule has 0 fully saturated rings. The van der Waals surface area contributed by atoms with Gasteiger partial charge in [0.25, 0.3) is 0 Å². The van der Waals surface area contributed by atoms with E-state index in [0.717, 1.165) is 0 Å². The van der Waals surface area contributed by atoms with Gasteiger partial charge >= 0.3 is 108 Å². The Bertz CT molecular complexity index is 98.8. The molecule has 0 radical (unpaired) electrons. The molecule has 16 heavy (non-hydrogen) atoms. The van der Waals surface area contributed by atoms with Crippen molar-refractivity contribution in [1.29, 1.82) is 0 Å². The van der Waals surface area contributed by atoms with E-state index in [2.05, 4.69) is 20.8 Å². The number of hydrogen-bond acceptors (Lipinski definition) is 0. The first-order chi connectivity index (χ1) is 7.85. The Morgan fingerprint density at radius 1 is 0.500 bits per heavy atom. The van der Waals surface area contributed by atoms with Crippen molar-refractivity contribution in [2.75, 3.05) is 0 Å². The quantitative estimate of drug-likeness (QED) is 0.303. The molecule has 1 heteroatoms. The monoisotopic (exact) mass is 293 g/mol. The van der Waals surface area contributed by atoms with Crippen LogP contribution in [-0.4, -0.2) is 13.9 Å². The summed E-state index contributed by atoms with van der Waals surface area (Å²) in [6.45, 7) is 6.97. The van der Waals surface area contributed by atoms with Crippen LogP contribution in [0.15, 0.2) is 0 Å². The van der Waals surface area contributed by atoms with Crippen molar-refractivity contribution in [3.8, 4) is 0 Å². The second-order valence-electron chi connectivity index (χ2n) is 4.85. The van der Waals surface area contributed by atoms with Crippen molar-refractivity contribution >= 4 is 13.9 Å². The summed E-state index contributed by atoms with van der Waals surface area (Å²) in [4.78, 5) is 0. The molecule has 0 atom stereocenters. The van der Waals surface area contributed by atoms with E-state index >= 15 is 0 Å². The Hall–Kier alpha value is 0.519. The molecule has 0 aromatic heterocycles. The topological polar surface area (TPSA) is 0 Å². The van der Waals surface area contributed by atoms with E-state index in [1.165, 1.54) is 57.8 Å². The van der Waals surface area contributed by atoms with Gasteiger partial charge in [0, 0.05) is 0 Å². The molecule has 0 aliphatic rings. The van der Waals surface area contributed by atoms with E-state index < -0.39 is 0 Å². The van der Waals surface area contributed by atoms with Crippen LogP contribution in [0.3, 0.4) is 0 Å². The summed E-state index contributed by atoms with van der Waals surface area (Å²) in [6.07, 6.45) is 13.2. The van der Waals surface area contributed by atoms with Crippen molar-refractivity contribution in [1.82, 2.24) is 0 Å². The van der Waals surface area contributed by atoms with E-state index in [9.17, 15) is 0 Å². The zero-order chi connectivity index (χ0) is 12.1. The first-order valence-corrected chi connectivity index (χ1v) is 11.1. The molecule has 0 heterocycles. The van der Waals surface area contributed by atoms with Crippen LogP contribution in [0.5, 0.6) is 0 Å². The summed E-state index contributed by atoms with van der Waals surface area (Å²) < 4.78 is 0. The molecule has 0 saturated carbocycles. The van der Waals surface area contributed by atoms with Gasteiger partial charge in [-0.3, -0.25) is 0 Å². The molecule has 0 unspecified atom stereocenters. The third-order valence-corrected chi connectivity index (χ3v) is 8.56. The summed E-state index contributed by atoms with van der Waals surface area (Å²) >= 11 is -0.191. The van der Waals surface area contributed by atoms with Crippen molar-refractivity contribution in [2.24, 2.45) is 0 Å².